The van der Waals surface area contributed by atoms with E-state index in [1.54, 1.807) is 11.0 Å². The summed E-state index contributed by atoms with van der Waals surface area (Å²) >= 11 is 0. The highest BCUT2D eigenvalue weighted by Crippen LogP contribution is 2.36. The van der Waals surface area contributed by atoms with E-state index in [1.807, 2.05) is 30.3 Å². The number of fused-ring (bicyclic) bond motifs is 2. The van der Waals surface area contributed by atoms with Gasteiger partial charge in [0.15, 0.2) is 11.6 Å². The van der Waals surface area contributed by atoms with Crippen molar-refractivity contribution in [3.63, 3.8) is 0 Å². The van der Waals surface area contributed by atoms with Crippen molar-refractivity contribution in [2.24, 2.45) is 0 Å². The SMILES string of the molecule is O=C(OCc1ccccc1)N1CCC(Oc2cc(N3[C@@H]4CC[C@H]3CNC4)cc(F)c2F)CC1. The first-order valence-corrected chi connectivity index (χ1v) is 11.7. The lowest BCUT2D eigenvalue weighted by Gasteiger charge is -2.37. The van der Waals surface area contributed by atoms with Gasteiger partial charge in [0.05, 0.1) is 0 Å². The highest BCUT2D eigenvalue weighted by molar-refractivity contribution is 5.67. The van der Waals surface area contributed by atoms with E-state index in [-0.39, 0.29) is 24.6 Å². The van der Waals surface area contributed by atoms with E-state index in [2.05, 4.69) is 10.2 Å². The van der Waals surface area contributed by atoms with Gasteiger partial charge in [-0.2, -0.15) is 4.39 Å². The van der Waals surface area contributed by atoms with Crippen LogP contribution in [0.5, 0.6) is 5.75 Å². The van der Waals surface area contributed by atoms with Gasteiger partial charge in [-0.05, 0) is 18.4 Å². The van der Waals surface area contributed by atoms with Crippen molar-refractivity contribution in [1.29, 1.82) is 0 Å². The Morgan fingerprint density at radius 1 is 1.00 bits per heavy atom. The van der Waals surface area contributed by atoms with E-state index < -0.39 is 11.6 Å². The van der Waals surface area contributed by atoms with Crippen molar-refractivity contribution in [1.82, 2.24) is 10.2 Å². The normalized spacial score (nSPS) is 23.0. The Bertz CT molecular complexity index is 966. The fourth-order valence-electron chi connectivity index (χ4n) is 5.13. The monoisotopic (exact) mass is 457 g/mol. The van der Waals surface area contributed by atoms with Crippen LogP contribution in [0.1, 0.15) is 31.2 Å². The number of hydrogen-bond acceptors (Lipinski definition) is 5. The van der Waals surface area contributed by atoms with Crippen LogP contribution in [0.25, 0.3) is 0 Å². The molecule has 1 N–H and O–H groups in total. The summed E-state index contributed by atoms with van der Waals surface area (Å²) < 4.78 is 40.3. The largest absolute Gasteiger partial charge is 0.487 e. The Labute approximate surface area is 192 Å². The maximum Gasteiger partial charge on any atom is 0.410 e. The molecule has 2 aromatic carbocycles. The zero-order valence-electron chi connectivity index (χ0n) is 18.5. The lowest BCUT2D eigenvalue weighted by Crippen LogP contribution is -2.52. The molecule has 6 nitrogen and oxygen atoms in total. The molecule has 3 aliphatic rings. The van der Waals surface area contributed by atoms with E-state index in [4.69, 9.17) is 9.47 Å². The van der Waals surface area contributed by atoms with Crippen molar-refractivity contribution in [3.8, 4) is 5.75 Å². The van der Waals surface area contributed by atoms with Crippen LogP contribution in [0.4, 0.5) is 19.3 Å². The molecule has 2 bridgehead atoms. The molecule has 2 atom stereocenters. The summed E-state index contributed by atoms with van der Waals surface area (Å²) in [6.45, 7) is 2.82. The molecule has 2 aromatic rings. The van der Waals surface area contributed by atoms with E-state index in [1.165, 1.54) is 6.07 Å². The molecule has 3 saturated heterocycles. The molecule has 0 aromatic heterocycles. The van der Waals surface area contributed by atoms with Gasteiger partial charge in [0.2, 0.25) is 5.82 Å². The van der Waals surface area contributed by atoms with Crippen molar-refractivity contribution < 1.29 is 23.0 Å². The predicted molar refractivity (Wildman–Crippen MR) is 120 cm³/mol. The third-order valence-corrected chi connectivity index (χ3v) is 6.86. The summed E-state index contributed by atoms with van der Waals surface area (Å²) in [7, 11) is 0. The number of anilines is 1. The summed E-state index contributed by atoms with van der Waals surface area (Å²) in [5, 5.41) is 3.40. The van der Waals surface area contributed by atoms with Gasteiger partial charge in [0, 0.05) is 68.9 Å². The van der Waals surface area contributed by atoms with Gasteiger partial charge in [0.1, 0.15) is 12.7 Å². The Morgan fingerprint density at radius 3 is 2.39 bits per heavy atom. The van der Waals surface area contributed by atoms with Crippen molar-refractivity contribution in [3.05, 3.63) is 59.7 Å². The predicted octanol–water partition coefficient (Wildman–Crippen LogP) is 4.09. The molecule has 33 heavy (non-hydrogen) atoms. The number of hydrogen-bond donors (Lipinski definition) is 1. The fourth-order valence-corrected chi connectivity index (χ4v) is 5.13. The number of amides is 1. The maximum atomic E-state index is 14.6. The van der Waals surface area contributed by atoms with Crippen molar-refractivity contribution in [2.75, 3.05) is 31.1 Å². The highest BCUT2D eigenvalue weighted by atomic mass is 19.2. The lowest BCUT2D eigenvalue weighted by molar-refractivity contribution is 0.0624. The number of carbonyl (C=O) groups excluding carboxylic acids is 1. The number of ether oxygens (including phenoxy) is 2. The van der Waals surface area contributed by atoms with Crippen molar-refractivity contribution in [2.45, 2.75) is 50.5 Å². The number of benzene rings is 2. The first-order chi connectivity index (χ1) is 16.1. The third kappa shape index (κ3) is 4.76. The van der Waals surface area contributed by atoms with Crippen LogP contribution < -0.4 is 15.0 Å². The molecule has 0 radical (unpaired) electrons. The minimum Gasteiger partial charge on any atom is -0.487 e. The topological polar surface area (TPSA) is 54.0 Å². The zero-order valence-corrected chi connectivity index (χ0v) is 18.5. The molecule has 3 heterocycles. The minimum atomic E-state index is -0.953. The maximum absolute atomic E-state index is 14.6. The molecule has 0 unspecified atom stereocenters. The second kappa shape index (κ2) is 9.55. The number of likely N-dealkylation sites (tertiary alicyclic amines) is 1. The summed E-state index contributed by atoms with van der Waals surface area (Å²) in [6, 6.07) is 13.0. The number of nitrogens with zero attached hydrogens (tertiary/aromatic N) is 2. The standard InChI is InChI=1S/C25H29F2N3O3/c26-22-12-20(30-18-6-7-19(30)15-28-14-18)13-23(24(22)27)33-21-8-10-29(11-9-21)25(31)32-16-17-4-2-1-3-5-17/h1-5,12-13,18-19,21,28H,6-11,14-16H2/t18-,19+. The molecule has 3 fully saturated rings. The van der Waals surface area contributed by atoms with Gasteiger partial charge in [-0.25, -0.2) is 9.18 Å². The van der Waals surface area contributed by atoms with Gasteiger partial charge >= 0.3 is 6.09 Å². The van der Waals surface area contributed by atoms with Crippen LogP contribution in [0.15, 0.2) is 42.5 Å². The average molecular weight is 458 g/mol. The van der Waals surface area contributed by atoms with Crippen molar-refractivity contribution >= 4 is 11.8 Å². The molecule has 0 spiro atoms. The highest BCUT2D eigenvalue weighted by Gasteiger charge is 2.37. The number of halogens is 2. The molecular formula is C25H29F2N3O3. The number of piperidine rings is 1. The molecule has 5 rings (SSSR count). The first kappa shape index (κ1) is 21.9. The van der Waals surface area contributed by atoms with Gasteiger partial charge in [0.25, 0.3) is 0 Å². The van der Waals surface area contributed by atoms with Crippen LogP contribution in [-0.4, -0.2) is 55.4 Å². The molecule has 0 aliphatic carbocycles. The van der Waals surface area contributed by atoms with Crippen LogP contribution in [0.2, 0.25) is 0 Å². The third-order valence-electron chi connectivity index (χ3n) is 6.86. The molecule has 0 saturated carbocycles. The Morgan fingerprint density at radius 2 is 1.70 bits per heavy atom. The molecule has 176 valence electrons. The Kier molecular flexibility index (Phi) is 6.35. The van der Waals surface area contributed by atoms with Crippen LogP contribution in [-0.2, 0) is 11.3 Å². The van der Waals surface area contributed by atoms with Gasteiger partial charge in [-0.3, -0.25) is 0 Å². The van der Waals surface area contributed by atoms with Gasteiger partial charge in [-0.1, -0.05) is 30.3 Å². The molecular weight excluding hydrogens is 428 g/mol. The number of rotatable bonds is 5. The average Bonchev–Trinajstić information content (AvgIpc) is 3.09. The molecule has 3 aliphatic heterocycles. The minimum absolute atomic E-state index is 0.0481. The molecule has 8 heteroatoms. The molecule has 1 amide bonds. The second-order valence-electron chi connectivity index (χ2n) is 9.03. The smallest absolute Gasteiger partial charge is 0.410 e. The summed E-state index contributed by atoms with van der Waals surface area (Å²) in [5.74, 6) is -1.89. The number of piperazine rings is 1. The summed E-state index contributed by atoms with van der Waals surface area (Å²) in [5.41, 5.74) is 1.61. The fraction of sp³-hybridized carbons (Fsp3) is 0.480. The van der Waals surface area contributed by atoms with Gasteiger partial charge < -0.3 is 24.6 Å². The van der Waals surface area contributed by atoms with E-state index in [0.717, 1.165) is 31.5 Å². The van der Waals surface area contributed by atoms with E-state index >= 15 is 0 Å². The number of carbonyl (C=O) groups is 1. The first-order valence-electron chi connectivity index (χ1n) is 11.7. The summed E-state index contributed by atoms with van der Waals surface area (Å²) in [4.78, 5) is 16.2. The van der Waals surface area contributed by atoms with Crippen LogP contribution in [0.3, 0.4) is 0 Å². The summed E-state index contributed by atoms with van der Waals surface area (Å²) in [6.07, 6.45) is 2.50. The van der Waals surface area contributed by atoms with E-state index in [0.29, 0.717) is 43.7 Å². The Hall–Kier alpha value is -2.87. The number of nitrogens with one attached hydrogen (secondary N) is 1. The lowest BCUT2D eigenvalue weighted by atomic mass is 10.1. The van der Waals surface area contributed by atoms with Crippen LogP contribution >= 0.6 is 0 Å². The quantitative estimate of drug-likeness (QED) is 0.733. The van der Waals surface area contributed by atoms with E-state index in [9.17, 15) is 13.6 Å². The van der Waals surface area contributed by atoms with Crippen LogP contribution in [0, 0.1) is 11.6 Å². The van der Waals surface area contributed by atoms with Gasteiger partial charge in [-0.15, -0.1) is 0 Å². The zero-order chi connectivity index (χ0) is 22.8. The second-order valence-corrected chi connectivity index (χ2v) is 9.03. The Balaban J connectivity index is 1.18.